The lowest BCUT2D eigenvalue weighted by molar-refractivity contribution is 0.0728. The second-order valence-electron chi connectivity index (χ2n) is 10.1. The van der Waals surface area contributed by atoms with E-state index in [0.717, 1.165) is 24.8 Å². The van der Waals surface area contributed by atoms with Gasteiger partial charge in [-0.25, -0.2) is 19.2 Å². The number of aryl methyl sites for hydroxylation is 1. The van der Waals surface area contributed by atoms with E-state index in [1.54, 1.807) is 6.07 Å². The fraction of sp³-hybridized carbons (Fsp3) is 0.485. The van der Waals surface area contributed by atoms with Gasteiger partial charge in [0.2, 0.25) is 0 Å². The molecular weight excluding hydrogens is 491 g/mol. The van der Waals surface area contributed by atoms with E-state index in [1.807, 2.05) is 12.1 Å². The van der Waals surface area contributed by atoms with Crippen molar-refractivity contribution >= 4 is 5.97 Å². The number of halogens is 1. The number of benzene rings is 2. The Morgan fingerprint density at radius 2 is 1.36 bits per heavy atom. The van der Waals surface area contributed by atoms with E-state index in [9.17, 15) is 9.18 Å². The third-order valence-corrected chi connectivity index (χ3v) is 6.80. The average Bonchev–Trinajstić information content (AvgIpc) is 2.95. The number of carbonyl (C=O) groups is 1. The van der Waals surface area contributed by atoms with Gasteiger partial charge in [0.15, 0.2) is 11.6 Å². The van der Waals surface area contributed by atoms with E-state index in [1.165, 1.54) is 94.3 Å². The van der Waals surface area contributed by atoms with Crippen molar-refractivity contribution in [2.24, 2.45) is 0 Å². The van der Waals surface area contributed by atoms with E-state index >= 15 is 0 Å². The van der Waals surface area contributed by atoms with Crippen LogP contribution in [0.5, 0.6) is 11.5 Å². The zero-order chi connectivity index (χ0) is 27.7. The lowest BCUT2D eigenvalue weighted by atomic mass is 10.0. The van der Waals surface area contributed by atoms with Gasteiger partial charge < -0.3 is 9.47 Å². The van der Waals surface area contributed by atoms with Gasteiger partial charge in [0.25, 0.3) is 0 Å². The highest BCUT2D eigenvalue weighted by atomic mass is 19.1. The summed E-state index contributed by atoms with van der Waals surface area (Å²) in [6.45, 7) is 4.94. The van der Waals surface area contributed by atoms with Crippen LogP contribution in [0.3, 0.4) is 0 Å². The van der Waals surface area contributed by atoms with E-state index in [4.69, 9.17) is 9.47 Å². The second-order valence-corrected chi connectivity index (χ2v) is 10.1. The normalized spacial score (nSPS) is 10.9. The largest absolute Gasteiger partial charge is 0.493 e. The van der Waals surface area contributed by atoms with E-state index in [-0.39, 0.29) is 11.3 Å². The summed E-state index contributed by atoms with van der Waals surface area (Å²) in [5.41, 5.74) is 2.04. The topological polar surface area (TPSA) is 61.3 Å². The summed E-state index contributed by atoms with van der Waals surface area (Å²) in [6.07, 6.45) is 18.6. The monoisotopic (exact) mass is 534 g/mol. The van der Waals surface area contributed by atoms with Gasteiger partial charge in [-0.1, -0.05) is 102 Å². The molecule has 0 unspecified atom stereocenters. The van der Waals surface area contributed by atoms with Crippen molar-refractivity contribution in [1.29, 1.82) is 0 Å². The highest BCUT2D eigenvalue weighted by Gasteiger charge is 2.16. The molecule has 0 atom stereocenters. The van der Waals surface area contributed by atoms with E-state index in [2.05, 4.69) is 35.9 Å². The molecule has 1 heterocycles. The second kappa shape index (κ2) is 17.3. The van der Waals surface area contributed by atoms with Gasteiger partial charge in [-0.05, 0) is 37.0 Å². The van der Waals surface area contributed by atoms with Crippen LogP contribution in [-0.4, -0.2) is 22.5 Å². The summed E-state index contributed by atoms with van der Waals surface area (Å²) in [5, 5.41) is 0. The molecule has 0 aliphatic heterocycles. The number of aromatic nitrogens is 2. The Labute approximate surface area is 233 Å². The van der Waals surface area contributed by atoms with Crippen LogP contribution in [0.15, 0.2) is 54.9 Å². The molecule has 210 valence electrons. The number of hydrogen-bond acceptors (Lipinski definition) is 5. The summed E-state index contributed by atoms with van der Waals surface area (Å²) in [7, 11) is 0. The molecule has 5 nitrogen and oxygen atoms in total. The lowest BCUT2D eigenvalue weighted by Crippen LogP contribution is -2.11. The Morgan fingerprint density at radius 1 is 0.744 bits per heavy atom. The Morgan fingerprint density at radius 3 is 2.00 bits per heavy atom. The van der Waals surface area contributed by atoms with Gasteiger partial charge in [0, 0.05) is 11.6 Å². The molecule has 0 bridgehead atoms. The first-order valence-corrected chi connectivity index (χ1v) is 14.7. The maximum atomic E-state index is 14.5. The van der Waals surface area contributed by atoms with Crippen molar-refractivity contribution in [1.82, 2.24) is 9.97 Å². The van der Waals surface area contributed by atoms with Crippen molar-refractivity contribution in [3.8, 4) is 22.9 Å². The van der Waals surface area contributed by atoms with Crippen LogP contribution in [0.2, 0.25) is 0 Å². The Bertz CT molecular complexity index is 1120. The molecule has 0 aliphatic rings. The van der Waals surface area contributed by atoms with Crippen molar-refractivity contribution < 1.29 is 18.7 Å². The highest BCUT2D eigenvalue weighted by Crippen LogP contribution is 2.21. The molecule has 0 radical (unpaired) electrons. The minimum atomic E-state index is -0.801. The lowest BCUT2D eigenvalue weighted by Gasteiger charge is -2.09. The van der Waals surface area contributed by atoms with E-state index < -0.39 is 11.8 Å². The van der Waals surface area contributed by atoms with E-state index in [0.29, 0.717) is 18.2 Å². The Hall–Kier alpha value is -3.28. The molecule has 0 amide bonds. The molecule has 0 fully saturated rings. The van der Waals surface area contributed by atoms with Crippen LogP contribution in [0.25, 0.3) is 11.4 Å². The minimum absolute atomic E-state index is 0.158. The molecule has 3 aromatic rings. The first-order chi connectivity index (χ1) is 19.1. The third-order valence-electron chi connectivity index (χ3n) is 6.80. The number of nitrogens with zero attached hydrogens (tertiary/aromatic N) is 2. The van der Waals surface area contributed by atoms with Crippen LogP contribution >= 0.6 is 0 Å². The number of rotatable bonds is 18. The molecule has 0 aliphatic carbocycles. The molecule has 6 heteroatoms. The predicted octanol–water partition coefficient (Wildman–Crippen LogP) is 9.14. The van der Waals surface area contributed by atoms with Crippen LogP contribution in [0.1, 0.15) is 107 Å². The quantitative estimate of drug-likeness (QED) is 0.120. The average molecular weight is 535 g/mol. The van der Waals surface area contributed by atoms with Crippen LogP contribution in [0.4, 0.5) is 4.39 Å². The van der Waals surface area contributed by atoms with Crippen molar-refractivity contribution in [3.63, 3.8) is 0 Å². The molecule has 3 rings (SSSR count). The van der Waals surface area contributed by atoms with Crippen LogP contribution < -0.4 is 9.47 Å². The Balaban J connectivity index is 1.45. The minimum Gasteiger partial charge on any atom is -0.493 e. The SMILES string of the molecule is CCCCCCCCCc1ccc(-c2ncc(OC(=O)c3ccc(OCCCCCCC)cc3F)cn2)cc1. The van der Waals surface area contributed by atoms with Gasteiger partial charge >= 0.3 is 5.97 Å². The molecule has 2 aromatic carbocycles. The maximum Gasteiger partial charge on any atom is 0.346 e. The van der Waals surface area contributed by atoms with Gasteiger partial charge in [-0.2, -0.15) is 0 Å². The van der Waals surface area contributed by atoms with Gasteiger partial charge in [0.1, 0.15) is 11.6 Å². The highest BCUT2D eigenvalue weighted by molar-refractivity contribution is 5.91. The number of unbranched alkanes of at least 4 members (excludes halogenated alkanes) is 10. The van der Waals surface area contributed by atoms with Crippen molar-refractivity contribution in [2.45, 2.75) is 97.3 Å². The number of ether oxygens (including phenoxy) is 2. The number of esters is 1. The van der Waals surface area contributed by atoms with Gasteiger partial charge in [0.05, 0.1) is 24.6 Å². The molecule has 39 heavy (non-hydrogen) atoms. The molecular formula is C33H43FN2O3. The smallest absolute Gasteiger partial charge is 0.346 e. The summed E-state index contributed by atoms with van der Waals surface area (Å²) in [4.78, 5) is 21.2. The number of carbonyl (C=O) groups excluding carboxylic acids is 1. The maximum absolute atomic E-state index is 14.5. The van der Waals surface area contributed by atoms with Crippen LogP contribution in [-0.2, 0) is 6.42 Å². The number of hydrogen-bond donors (Lipinski definition) is 0. The summed E-state index contributed by atoms with van der Waals surface area (Å²) < 4.78 is 25.5. The molecule has 0 saturated carbocycles. The van der Waals surface area contributed by atoms with Gasteiger partial charge in [-0.15, -0.1) is 0 Å². The molecule has 1 aromatic heterocycles. The molecule has 0 spiro atoms. The molecule has 0 saturated heterocycles. The first kappa shape index (κ1) is 30.3. The molecule has 0 N–H and O–H groups in total. The Kier molecular flexibility index (Phi) is 13.5. The zero-order valence-corrected chi connectivity index (χ0v) is 23.6. The van der Waals surface area contributed by atoms with Gasteiger partial charge in [-0.3, -0.25) is 0 Å². The predicted molar refractivity (Wildman–Crippen MR) is 155 cm³/mol. The summed E-state index contributed by atoms with van der Waals surface area (Å²) in [6, 6.07) is 12.5. The fourth-order valence-electron chi connectivity index (χ4n) is 4.43. The van der Waals surface area contributed by atoms with Crippen molar-refractivity contribution in [2.75, 3.05) is 6.61 Å². The van der Waals surface area contributed by atoms with Crippen LogP contribution in [0, 0.1) is 5.82 Å². The fourth-order valence-corrected chi connectivity index (χ4v) is 4.43. The zero-order valence-electron chi connectivity index (χ0n) is 23.6. The summed E-state index contributed by atoms with van der Waals surface area (Å²) >= 11 is 0. The summed E-state index contributed by atoms with van der Waals surface area (Å²) in [5.74, 6) is -0.381. The standard InChI is InChI=1S/C33H43FN2O3/c1-3-5-7-9-10-11-13-15-26-16-18-27(19-17-26)32-35-24-29(25-36-32)39-33(37)30-21-20-28(23-31(30)34)38-22-14-12-8-6-4-2/h16-21,23-25H,3-15,22H2,1-2H3. The first-order valence-electron chi connectivity index (χ1n) is 14.7. The third kappa shape index (κ3) is 10.8. The van der Waals surface area contributed by atoms with Crippen molar-refractivity contribution in [3.05, 3.63) is 71.8 Å².